The van der Waals surface area contributed by atoms with Gasteiger partial charge in [0.25, 0.3) is 0 Å². The number of hydrogen-bond acceptors (Lipinski definition) is 2. The standard InChI is InChI=1S/C17H24ClN3/c1-4-20-9-5-6-14(20)11-21-16-8-7-12(2)10-15(16)19-17(21)13(3)18/h7-8,10,13-14H,4-6,9,11H2,1-3H3. The Bertz CT molecular complexity index is 632. The Kier molecular flexibility index (Phi) is 4.23. The molecule has 1 aliphatic rings. The number of aromatic nitrogens is 2. The van der Waals surface area contributed by atoms with Gasteiger partial charge < -0.3 is 4.57 Å². The molecule has 2 atom stereocenters. The van der Waals surface area contributed by atoms with E-state index < -0.39 is 0 Å². The zero-order chi connectivity index (χ0) is 15.0. The highest BCUT2D eigenvalue weighted by atomic mass is 35.5. The highest BCUT2D eigenvalue weighted by molar-refractivity contribution is 6.20. The van der Waals surface area contributed by atoms with Crippen LogP contribution in [-0.4, -0.2) is 33.6 Å². The molecular formula is C17H24ClN3. The van der Waals surface area contributed by atoms with Crippen molar-refractivity contribution in [1.82, 2.24) is 14.5 Å². The molecule has 0 radical (unpaired) electrons. The van der Waals surface area contributed by atoms with Crippen molar-refractivity contribution < 1.29 is 0 Å². The van der Waals surface area contributed by atoms with Crippen LogP contribution in [0.25, 0.3) is 11.0 Å². The third kappa shape index (κ3) is 2.82. The van der Waals surface area contributed by atoms with Crippen molar-refractivity contribution in [3.63, 3.8) is 0 Å². The monoisotopic (exact) mass is 305 g/mol. The van der Waals surface area contributed by atoms with E-state index in [0.717, 1.165) is 24.4 Å². The van der Waals surface area contributed by atoms with Gasteiger partial charge in [0.1, 0.15) is 5.82 Å². The molecule has 2 aromatic rings. The SMILES string of the molecule is CCN1CCCC1Cn1c(C(C)Cl)nc2cc(C)ccc21. The van der Waals surface area contributed by atoms with E-state index in [1.807, 2.05) is 6.92 Å². The van der Waals surface area contributed by atoms with Gasteiger partial charge in [-0.25, -0.2) is 4.98 Å². The van der Waals surface area contributed by atoms with Gasteiger partial charge >= 0.3 is 0 Å². The molecule has 3 rings (SSSR count). The molecule has 4 heteroatoms. The minimum atomic E-state index is -0.0609. The summed E-state index contributed by atoms with van der Waals surface area (Å²) in [6, 6.07) is 7.12. The number of likely N-dealkylation sites (N-methyl/N-ethyl adjacent to an activating group) is 1. The third-order valence-corrected chi connectivity index (χ3v) is 4.78. The van der Waals surface area contributed by atoms with Gasteiger partial charge in [-0.3, -0.25) is 4.90 Å². The molecule has 0 amide bonds. The number of nitrogens with zero attached hydrogens (tertiary/aromatic N) is 3. The Morgan fingerprint density at radius 3 is 2.95 bits per heavy atom. The molecule has 0 aliphatic carbocycles. The average molecular weight is 306 g/mol. The Hall–Kier alpha value is -1.06. The van der Waals surface area contributed by atoms with Gasteiger partial charge in [-0.1, -0.05) is 13.0 Å². The summed E-state index contributed by atoms with van der Waals surface area (Å²) in [6.07, 6.45) is 2.57. The molecule has 1 saturated heterocycles. The van der Waals surface area contributed by atoms with E-state index >= 15 is 0 Å². The topological polar surface area (TPSA) is 21.1 Å². The fourth-order valence-corrected chi connectivity index (χ4v) is 3.65. The summed E-state index contributed by atoms with van der Waals surface area (Å²) in [5.41, 5.74) is 3.53. The van der Waals surface area contributed by atoms with Crippen LogP contribution >= 0.6 is 11.6 Å². The number of hydrogen-bond donors (Lipinski definition) is 0. The quantitative estimate of drug-likeness (QED) is 0.792. The van der Waals surface area contributed by atoms with Gasteiger partial charge in [-0.2, -0.15) is 0 Å². The lowest BCUT2D eigenvalue weighted by molar-refractivity contribution is 0.244. The largest absolute Gasteiger partial charge is 0.325 e. The van der Waals surface area contributed by atoms with Crippen molar-refractivity contribution in [1.29, 1.82) is 0 Å². The van der Waals surface area contributed by atoms with E-state index in [2.05, 4.69) is 41.5 Å². The number of imidazole rings is 1. The molecule has 0 saturated carbocycles. The first-order valence-corrected chi connectivity index (χ1v) is 8.38. The van der Waals surface area contributed by atoms with E-state index in [0.29, 0.717) is 6.04 Å². The number of aryl methyl sites for hydroxylation is 1. The zero-order valence-electron chi connectivity index (χ0n) is 13.1. The normalized spacial score (nSPS) is 21.2. The van der Waals surface area contributed by atoms with Crippen LogP contribution in [0.15, 0.2) is 18.2 Å². The van der Waals surface area contributed by atoms with Crippen LogP contribution in [0.2, 0.25) is 0 Å². The number of rotatable bonds is 4. The minimum absolute atomic E-state index is 0.0609. The third-order valence-electron chi connectivity index (χ3n) is 4.59. The highest BCUT2D eigenvalue weighted by Gasteiger charge is 2.25. The molecule has 0 bridgehead atoms. The van der Waals surface area contributed by atoms with Gasteiger partial charge in [-0.05, 0) is 57.5 Å². The molecule has 0 N–H and O–H groups in total. The molecule has 3 nitrogen and oxygen atoms in total. The molecule has 2 unspecified atom stereocenters. The fraction of sp³-hybridized carbons (Fsp3) is 0.588. The minimum Gasteiger partial charge on any atom is -0.325 e. The maximum Gasteiger partial charge on any atom is 0.127 e. The Morgan fingerprint density at radius 2 is 2.24 bits per heavy atom. The van der Waals surface area contributed by atoms with Crippen molar-refractivity contribution >= 4 is 22.6 Å². The first kappa shape index (κ1) is 14.9. The number of benzene rings is 1. The maximum absolute atomic E-state index is 6.38. The van der Waals surface area contributed by atoms with E-state index in [-0.39, 0.29) is 5.38 Å². The molecule has 21 heavy (non-hydrogen) atoms. The van der Waals surface area contributed by atoms with E-state index in [1.54, 1.807) is 0 Å². The smallest absolute Gasteiger partial charge is 0.127 e. The van der Waals surface area contributed by atoms with E-state index in [1.165, 1.54) is 30.5 Å². The number of likely N-dealkylation sites (tertiary alicyclic amines) is 1. The summed E-state index contributed by atoms with van der Waals surface area (Å²) < 4.78 is 2.34. The Balaban J connectivity index is 2.01. The summed E-state index contributed by atoms with van der Waals surface area (Å²) in [5.74, 6) is 1.00. The fourth-order valence-electron chi connectivity index (χ4n) is 3.48. The second kappa shape index (κ2) is 5.98. The molecule has 1 fully saturated rings. The molecule has 2 heterocycles. The van der Waals surface area contributed by atoms with Gasteiger partial charge in [0, 0.05) is 12.6 Å². The van der Waals surface area contributed by atoms with Gasteiger partial charge in [0.2, 0.25) is 0 Å². The van der Waals surface area contributed by atoms with Crippen LogP contribution in [0.1, 0.15) is 43.5 Å². The first-order chi connectivity index (χ1) is 10.1. The van der Waals surface area contributed by atoms with Crippen molar-refractivity contribution in [2.75, 3.05) is 13.1 Å². The van der Waals surface area contributed by atoms with E-state index in [9.17, 15) is 0 Å². The van der Waals surface area contributed by atoms with Crippen molar-refractivity contribution in [3.8, 4) is 0 Å². The van der Waals surface area contributed by atoms with Gasteiger partial charge in [0.05, 0.1) is 16.4 Å². The number of alkyl halides is 1. The Morgan fingerprint density at radius 1 is 1.43 bits per heavy atom. The second-order valence-corrected chi connectivity index (χ2v) is 6.77. The first-order valence-electron chi connectivity index (χ1n) is 7.95. The predicted octanol–water partition coefficient (Wildman–Crippen LogP) is 4.13. The lowest BCUT2D eigenvalue weighted by atomic mass is 10.2. The molecule has 114 valence electrons. The average Bonchev–Trinajstić information content (AvgIpc) is 3.03. The summed E-state index contributed by atoms with van der Waals surface area (Å²) in [4.78, 5) is 7.35. The lowest BCUT2D eigenvalue weighted by Crippen LogP contribution is -2.33. The summed E-state index contributed by atoms with van der Waals surface area (Å²) in [6.45, 7) is 9.72. The van der Waals surface area contributed by atoms with Crippen molar-refractivity contribution in [2.45, 2.75) is 51.6 Å². The number of halogens is 1. The van der Waals surface area contributed by atoms with Crippen molar-refractivity contribution in [2.24, 2.45) is 0 Å². The molecule has 0 spiro atoms. The van der Waals surface area contributed by atoms with Gasteiger partial charge in [-0.15, -0.1) is 11.6 Å². The lowest BCUT2D eigenvalue weighted by Gasteiger charge is -2.24. The molecule has 1 aromatic carbocycles. The van der Waals surface area contributed by atoms with Gasteiger partial charge in [0.15, 0.2) is 0 Å². The molecular weight excluding hydrogens is 282 g/mol. The van der Waals surface area contributed by atoms with Crippen LogP contribution in [0, 0.1) is 6.92 Å². The van der Waals surface area contributed by atoms with Crippen LogP contribution in [0.4, 0.5) is 0 Å². The summed E-state index contributed by atoms with van der Waals surface area (Å²) >= 11 is 6.38. The second-order valence-electron chi connectivity index (χ2n) is 6.11. The molecule has 1 aromatic heterocycles. The van der Waals surface area contributed by atoms with Crippen LogP contribution in [-0.2, 0) is 6.54 Å². The van der Waals surface area contributed by atoms with Crippen LogP contribution < -0.4 is 0 Å². The predicted molar refractivity (Wildman–Crippen MR) is 89.0 cm³/mol. The summed E-state index contributed by atoms with van der Waals surface area (Å²) in [5, 5.41) is -0.0609. The van der Waals surface area contributed by atoms with Crippen LogP contribution in [0.5, 0.6) is 0 Å². The zero-order valence-corrected chi connectivity index (χ0v) is 13.9. The van der Waals surface area contributed by atoms with E-state index in [4.69, 9.17) is 16.6 Å². The van der Waals surface area contributed by atoms with Crippen molar-refractivity contribution in [3.05, 3.63) is 29.6 Å². The summed E-state index contributed by atoms with van der Waals surface area (Å²) in [7, 11) is 0. The number of fused-ring (bicyclic) bond motifs is 1. The van der Waals surface area contributed by atoms with Crippen LogP contribution in [0.3, 0.4) is 0 Å². The Labute approximate surface area is 131 Å². The maximum atomic E-state index is 6.38. The highest BCUT2D eigenvalue weighted by Crippen LogP contribution is 2.28. The molecule has 1 aliphatic heterocycles.